The summed E-state index contributed by atoms with van der Waals surface area (Å²) in [6, 6.07) is 7.84. The maximum atomic E-state index is 5.68. The standard InChI is InChI=1S/C12H19NO2/c1-12(2,9-13)15-8-10-5-4-6-11(7-10)14-3/h4-7H,8-9,13H2,1-3H3. The third-order valence-electron chi connectivity index (χ3n) is 2.26. The van der Waals surface area contributed by atoms with Crippen LogP contribution < -0.4 is 10.5 Å². The molecule has 0 aliphatic carbocycles. The van der Waals surface area contributed by atoms with Crippen LogP contribution in [-0.4, -0.2) is 19.3 Å². The molecule has 3 heteroatoms. The molecule has 84 valence electrons. The summed E-state index contributed by atoms with van der Waals surface area (Å²) < 4.78 is 10.8. The van der Waals surface area contributed by atoms with Gasteiger partial charge in [-0.1, -0.05) is 12.1 Å². The second-order valence-corrected chi connectivity index (χ2v) is 4.10. The maximum absolute atomic E-state index is 5.68. The van der Waals surface area contributed by atoms with E-state index < -0.39 is 0 Å². The normalized spacial score (nSPS) is 11.5. The van der Waals surface area contributed by atoms with Crippen LogP contribution in [0.1, 0.15) is 19.4 Å². The van der Waals surface area contributed by atoms with Crippen LogP contribution in [-0.2, 0) is 11.3 Å². The fourth-order valence-corrected chi connectivity index (χ4v) is 1.10. The van der Waals surface area contributed by atoms with Gasteiger partial charge in [-0.3, -0.25) is 0 Å². The number of ether oxygens (including phenoxy) is 2. The molecule has 0 saturated heterocycles. The van der Waals surface area contributed by atoms with Gasteiger partial charge in [0.2, 0.25) is 0 Å². The number of benzene rings is 1. The second kappa shape index (κ2) is 5.14. The fraction of sp³-hybridized carbons (Fsp3) is 0.500. The van der Waals surface area contributed by atoms with Crippen molar-refractivity contribution in [1.82, 2.24) is 0 Å². The van der Waals surface area contributed by atoms with E-state index in [0.29, 0.717) is 13.2 Å². The zero-order chi connectivity index (χ0) is 11.3. The van der Waals surface area contributed by atoms with Crippen molar-refractivity contribution in [1.29, 1.82) is 0 Å². The summed E-state index contributed by atoms with van der Waals surface area (Å²) in [6.45, 7) is 5.03. The topological polar surface area (TPSA) is 44.5 Å². The van der Waals surface area contributed by atoms with Gasteiger partial charge in [0.1, 0.15) is 5.75 Å². The first kappa shape index (κ1) is 12.0. The van der Waals surface area contributed by atoms with Gasteiger partial charge >= 0.3 is 0 Å². The van der Waals surface area contributed by atoms with Gasteiger partial charge in [-0.25, -0.2) is 0 Å². The van der Waals surface area contributed by atoms with Gasteiger partial charge in [0.05, 0.1) is 19.3 Å². The molecule has 0 saturated carbocycles. The van der Waals surface area contributed by atoms with E-state index in [1.165, 1.54) is 0 Å². The van der Waals surface area contributed by atoms with E-state index >= 15 is 0 Å². The molecular formula is C12H19NO2. The second-order valence-electron chi connectivity index (χ2n) is 4.10. The molecule has 15 heavy (non-hydrogen) atoms. The zero-order valence-electron chi connectivity index (χ0n) is 9.62. The van der Waals surface area contributed by atoms with Crippen LogP contribution in [0, 0.1) is 0 Å². The Kier molecular flexibility index (Phi) is 4.12. The van der Waals surface area contributed by atoms with Crippen molar-refractivity contribution in [2.24, 2.45) is 5.73 Å². The molecule has 0 atom stereocenters. The average molecular weight is 209 g/mol. The van der Waals surface area contributed by atoms with Crippen molar-refractivity contribution in [3.05, 3.63) is 29.8 Å². The van der Waals surface area contributed by atoms with E-state index in [1.54, 1.807) is 7.11 Å². The molecule has 0 radical (unpaired) electrons. The van der Waals surface area contributed by atoms with E-state index in [1.807, 2.05) is 38.1 Å². The van der Waals surface area contributed by atoms with Crippen molar-refractivity contribution in [3.8, 4) is 5.75 Å². The number of hydrogen-bond donors (Lipinski definition) is 1. The molecule has 0 unspecified atom stereocenters. The largest absolute Gasteiger partial charge is 0.497 e. The van der Waals surface area contributed by atoms with E-state index in [9.17, 15) is 0 Å². The van der Waals surface area contributed by atoms with Crippen LogP contribution in [0.25, 0.3) is 0 Å². The number of nitrogens with two attached hydrogens (primary N) is 1. The lowest BCUT2D eigenvalue weighted by Gasteiger charge is -2.23. The summed E-state index contributed by atoms with van der Waals surface area (Å²) in [5.74, 6) is 0.849. The molecule has 1 rings (SSSR count). The maximum Gasteiger partial charge on any atom is 0.119 e. The molecule has 0 heterocycles. The molecule has 0 fully saturated rings. The lowest BCUT2D eigenvalue weighted by atomic mass is 10.1. The molecule has 0 aromatic heterocycles. The first-order valence-corrected chi connectivity index (χ1v) is 5.04. The summed E-state index contributed by atoms with van der Waals surface area (Å²) in [5, 5.41) is 0. The minimum Gasteiger partial charge on any atom is -0.497 e. The molecule has 0 spiro atoms. The first-order chi connectivity index (χ1) is 7.07. The Morgan fingerprint density at radius 3 is 2.67 bits per heavy atom. The highest BCUT2D eigenvalue weighted by Gasteiger charge is 2.15. The summed E-state index contributed by atoms with van der Waals surface area (Å²) in [4.78, 5) is 0. The predicted molar refractivity (Wildman–Crippen MR) is 60.9 cm³/mol. The minimum atomic E-state index is -0.275. The van der Waals surface area contributed by atoms with Crippen LogP contribution in [0.2, 0.25) is 0 Å². The number of hydrogen-bond acceptors (Lipinski definition) is 3. The van der Waals surface area contributed by atoms with Crippen LogP contribution in [0.4, 0.5) is 0 Å². The predicted octanol–water partition coefficient (Wildman–Crippen LogP) is 1.95. The fourth-order valence-electron chi connectivity index (χ4n) is 1.10. The van der Waals surface area contributed by atoms with Gasteiger partial charge in [0.15, 0.2) is 0 Å². The third kappa shape index (κ3) is 3.90. The van der Waals surface area contributed by atoms with E-state index in [2.05, 4.69) is 0 Å². The Balaban J connectivity index is 2.57. The Labute approximate surface area is 91.2 Å². The van der Waals surface area contributed by atoms with Crippen molar-refractivity contribution in [2.45, 2.75) is 26.1 Å². The van der Waals surface area contributed by atoms with E-state index in [-0.39, 0.29) is 5.60 Å². The highest BCUT2D eigenvalue weighted by molar-refractivity contribution is 5.27. The molecule has 3 nitrogen and oxygen atoms in total. The summed E-state index contributed by atoms with van der Waals surface area (Å²) in [5.41, 5.74) is 6.40. The summed E-state index contributed by atoms with van der Waals surface area (Å²) in [6.07, 6.45) is 0. The number of rotatable bonds is 5. The summed E-state index contributed by atoms with van der Waals surface area (Å²) >= 11 is 0. The van der Waals surface area contributed by atoms with Gasteiger partial charge in [-0.2, -0.15) is 0 Å². The quantitative estimate of drug-likeness (QED) is 0.806. The first-order valence-electron chi connectivity index (χ1n) is 5.04. The molecule has 1 aromatic carbocycles. The Morgan fingerprint density at radius 1 is 1.33 bits per heavy atom. The van der Waals surface area contributed by atoms with Crippen LogP contribution in [0.5, 0.6) is 5.75 Å². The average Bonchev–Trinajstić information content (AvgIpc) is 2.27. The lowest BCUT2D eigenvalue weighted by Crippen LogP contribution is -2.33. The zero-order valence-corrected chi connectivity index (χ0v) is 9.62. The molecule has 0 aliphatic rings. The number of methoxy groups -OCH3 is 1. The molecule has 0 bridgehead atoms. The van der Waals surface area contributed by atoms with Crippen LogP contribution >= 0.6 is 0 Å². The monoisotopic (exact) mass is 209 g/mol. The SMILES string of the molecule is COc1cccc(COC(C)(C)CN)c1. The van der Waals surface area contributed by atoms with Gasteiger partial charge in [0.25, 0.3) is 0 Å². The molecule has 0 aliphatic heterocycles. The van der Waals surface area contributed by atoms with Gasteiger partial charge in [-0.15, -0.1) is 0 Å². The van der Waals surface area contributed by atoms with E-state index in [4.69, 9.17) is 15.2 Å². The highest BCUT2D eigenvalue weighted by Crippen LogP contribution is 2.16. The Bertz CT molecular complexity index is 310. The van der Waals surface area contributed by atoms with Crippen molar-refractivity contribution >= 4 is 0 Å². The molecule has 0 amide bonds. The highest BCUT2D eigenvalue weighted by atomic mass is 16.5. The van der Waals surface area contributed by atoms with Crippen LogP contribution in [0.15, 0.2) is 24.3 Å². The molecule has 1 aromatic rings. The van der Waals surface area contributed by atoms with Gasteiger partial charge in [-0.05, 0) is 31.5 Å². The summed E-state index contributed by atoms with van der Waals surface area (Å²) in [7, 11) is 1.66. The van der Waals surface area contributed by atoms with Crippen molar-refractivity contribution in [2.75, 3.05) is 13.7 Å². The van der Waals surface area contributed by atoms with Gasteiger partial charge < -0.3 is 15.2 Å². The smallest absolute Gasteiger partial charge is 0.119 e. The molecular weight excluding hydrogens is 190 g/mol. The molecule has 2 N–H and O–H groups in total. The Morgan fingerprint density at radius 2 is 2.07 bits per heavy atom. The van der Waals surface area contributed by atoms with Gasteiger partial charge in [0, 0.05) is 6.54 Å². The van der Waals surface area contributed by atoms with Crippen LogP contribution in [0.3, 0.4) is 0 Å². The lowest BCUT2D eigenvalue weighted by molar-refractivity contribution is -0.0222. The van der Waals surface area contributed by atoms with E-state index in [0.717, 1.165) is 11.3 Å². The van der Waals surface area contributed by atoms with Crippen molar-refractivity contribution in [3.63, 3.8) is 0 Å². The minimum absolute atomic E-state index is 0.275. The van der Waals surface area contributed by atoms with Crippen molar-refractivity contribution < 1.29 is 9.47 Å². The Hall–Kier alpha value is -1.06. The third-order valence-corrected chi connectivity index (χ3v) is 2.26.